The number of rotatable bonds is 1. The van der Waals surface area contributed by atoms with E-state index < -0.39 is 0 Å². The highest BCUT2D eigenvalue weighted by Crippen LogP contribution is 2.31. The molecule has 14 heavy (non-hydrogen) atoms. The third kappa shape index (κ3) is 1.50. The summed E-state index contributed by atoms with van der Waals surface area (Å²) in [5.41, 5.74) is 7.55. The monoisotopic (exact) mass is 228 g/mol. The van der Waals surface area contributed by atoms with Gasteiger partial charge in [0.25, 0.3) is 0 Å². The standard InChI is InChI=1S/C10H10Cl2N2/c1-5(13)9-4-6-7(11)2-3-8(12)10(6)14-9/h2-5,14H,13H2,1H3. The van der Waals surface area contributed by atoms with Gasteiger partial charge in [0, 0.05) is 17.1 Å². The lowest BCUT2D eigenvalue weighted by atomic mass is 10.2. The molecule has 0 aliphatic rings. The zero-order chi connectivity index (χ0) is 10.3. The highest BCUT2D eigenvalue weighted by molar-refractivity contribution is 6.39. The third-order valence-corrected chi connectivity index (χ3v) is 2.85. The zero-order valence-corrected chi connectivity index (χ0v) is 9.15. The predicted molar refractivity (Wildman–Crippen MR) is 60.9 cm³/mol. The van der Waals surface area contributed by atoms with E-state index in [1.165, 1.54) is 0 Å². The average molecular weight is 229 g/mol. The molecule has 0 spiro atoms. The second kappa shape index (κ2) is 3.46. The lowest BCUT2D eigenvalue weighted by molar-refractivity contribution is 0.792. The number of benzene rings is 1. The molecular weight excluding hydrogens is 219 g/mol. The fourth-order valence-electron chi connectivity index (χ4n) is 1.42. The molecule has 0 aliphatic carbocycles. The maximum absolute atomic E-state index is 6.03. The van der Waals surface area contributed by atoms with Crippen LogP contribution in [0.25, 0.3) is 10.9 Å². The Morgan fingerprint density at radius 1 is 1.29 bits per heavy atom. The molecule has 1 aromatic carbocycles. The maximum Gasteiger partial charge on any atom is 0.0661 e. The van der Waals surface area contributed by atoms with Gasteiger partial charge in [-0.2, -0.15) is 0 Å². The van der Waals surface area contributed by atoms with Crippen LogP contribution >= 0.6 is 23.2 Å². The molecule has 1 aromatic heterocycles. The molecule has 74 valence electrons. The van der Waals surface area contributed by atoms with Crippen LogP contribution in [-0.4, -0.2) is 4.98 Å². The van der Waals surface area contributed by atoms with Crippen LogP contribution in [0.4, 0.5) is 0 Å². The Morgan fingerprint density at radius 3 is 2.50 bits per heavy atom. The molecule has 0 saturated carbocycles. The molecule has 0 bridgehead atoms. The van der Waals surface area contributed by atoms with Crippen LogP contribution in [-0.2, 0) is 0 Å². The smallest absolute Gasteiger partial charge is 0.0661 e. The average Bonchev–Trinajstić information content (AvgIpc) is 2.57. The number of halogens is 2. The third-order valence-electron chi connectivity index (χ3n) is 2.20. The number of hydrogen-bond donors (Lipinski definition) is 2. The van der Waals surface area contributed by atoms with Gasteiger partial charge in [0.2, 0.25) is 0 Å². The van der Waals surface area contributed by atoms with E-state index in [9.17, 15) is 0 Å². The fourth-order valence-corrected chi connectivity index (χ4v) is 1.84. The van der Waals surface area contributed by atoms with Crippen LogP contribution in [0.5, 0.6) is 0 Å². The molecule has 1 atom stereocenters. The van der Waals surface area contributed by atoms with Crippen molar-refractivity contribution in [2.24, 2.45) is 5.73 Å². The minimum atomic E-state index is -0.0467. The molecule has 0 aliphatic heterocycles. The van der Waals surface area contributed by atoms with Crippen molar-refractivity contribution < 1.29 is 0 Å². The normalized spacial score (nSPS) is 13.4. The molecule has 2 nitrogen and oxygen atoms in total. The van der Waals surface area contributed by atoms with Crippen molar-refractivity contribution in [1.29, 1.82) is 0 Å². The lowest BCUT2D eigenvalue weighted by Gasteiger charge is -1.98. The summed E-state index contributed by atoms with van der Waals surface area (Å²) in [4.78, 5) is 3.16. The SMILES string of the molecule is CC(N)c1cc2c(Cl)ccc(Cl)c2[nH]1. The number of H-pyrrole nitrogens is 1. The second-order valence-electron chi connectivity index (χ2n) is 3.33. The number of hydrogen-bond acceptors (Lipinski definition) is 1. The quantitative estimate of drug-likeness (QED) is 0.772. The first-order valence-electron chi connectivity index (χ1n) is 4.32. The number of nitrogens with two attached hydrogens (primary N) is 1. The Balaban J connectivity index is 2.75. The van der Waals surface area contributed by atoms with Crippen molar-refractivity contribution in [2.75, 3.05) is 0 Å². The first-order valence-corrected chi connectivity index (χ1v) is 5.07. The summed E-state index contributed by atoms with van der Waals surface area (Å²) >= 11 is 12.0. The molecule has 0 radical (unpaired) electrons. The zero-order valence-electron chi connectivity index (χ0n) is 7.64. The Labute approximate surface area is 92.0 Å². The number of nitrogens with one attached hydrogen (secondary N) is 1. The van der Waals surface area contributed by atoms with Gasteiger partial charge in [-0.05, 0) is 25.1 Å². The van der Waals surface area contributed by atoms with Crippen LogP contribution in [0.15, 0.2) is 18.2 Å². The second-order valence-corrected chi connectivity index (χ2v) is 4.15. The summed E-state index contributed by atoms with van der Waals surface area (Å²) in [6, 6.07) is 5.45. The van der Waals surface area contributed by atoms with Crippen LogP contribution < -0.4 is 5.73 Å². The van der Waals surface area contributed by atoms with Crippen LogP contribution in [0.2, 0.25) is 10.0 Å². The van der Waals surface area contributed by atoms with Crippen molar-refractivity contribution in [3.05, 3.63) is 33.9 Å². The molecule has 1 heterocycles. The van der Waals surface area contributed by atoms with Gasteiger partial charge in [-0.15, -0.1) is 0 Å². The Morgan fingerprint density at radius 2 is 1.93 bits per heavy atom. The molecule has 4 heteroatoms. The van der Waals surface area contributed by atoms with E-state index >= 15 is 0 Å². The minimum absolute atomic E-state index is 0.0467. The maximum atomic E-state index is 6.03. The lowest BCUT2D eigenvalue weighted by Crippen LogP contribution is -2.04. The summed E-state index contributed by atoms with van der Waals surface area (Å²) in [6.45, 7) is 1.91. The van der Waals surface area contributed by atoms with Crippen molar-refractivity contribution in [3.63, 3.8) is 0 Å². The number of aromatic amines is 1. The summed E-state index contributed by atoms with van der Waals surface area (Å²) < 4.78 is 0. The molecule has 0 amide bonds. The Kier molecular flexibility index (Phi) is 2.43. The predicted octanol–water partition coefficient (Wildman–Crippen LogP) is 3.49. The van der Waals surface area contributed by atoms with Gasteiger partial charge < -0.3 is 10.7 Å². The minimum Gasteiger partial charge on any atom is -0.356 e. The topological polar surface area (TPSA) is 41.8 Å². The van der Waals surface area contributed by atoms with Gasteiger partial charge in [0.05, 0.1) is 15.6 Å². The molecule has 2 rings (SSSR count). The van der Waals surface area contributed by atoms with E-state index in [1.807, 2.05) is 13.0 Å². The molecule has 2 aromatic rings. The van der Waals surface area contributed by atoms with E-state index in [0.29, 0.717) is 10.0 Å². The Bertz CT molecular complexity index is 435. The molecular formula is C10H10Cl2N2. The van der Waals surface area contributed by atoms with Gasteiger partial charge in [0.15, 0.2) is 0 Å². The van der Waals surface area contributed by atoms with Gasteiger partial charge >= 0.3 is 0 Å². The van der Waals surface area contributed by atoms with E-state index in [1.54, 1.807) is 12.1 Å². The largest absolute Gasteiger partial charge is 0.356 e. The summed E-state index contributed by atoms with van der Waals surface area (Å²) in [7, 11) is 0. The summed E-state index contributed by atoms with van der Waals surface area (Å²) in [5, 5.41) is 2.27. The summed E-state index contributed by atoms with van der Waals surface area (Å²) in [5.74, 6) is 0. The first kappa shape index (κ1) is 9.84. The molecule has 0 fully saturated rings. The van der Waals surface area contributed by atoms with Crippen molar-refractivity contribution in [1.82, 2.24) is 4.98 Å². The first-order chi connectivity index (χ1) is 6.59. The van der Waals surface area contributed by atoms with Crippen LogP contribution in [0, 0.1) is 0 Å². The molecule has 1 unspecified atom stereocenters. The van der Waals surface area contributed by atoms with Crippen molar-refractivity contribution in [3.8, 4) is 0 Å². The van der Waals surface area contributed by atoms with Crippen LogP contribution in [0.1, 0.15) is 18.7 Å². The van der Waals surface area contributed by atoms with E-state index in [0.717, 1.165) is 16.6 Å². The number of aromatic nitrogens is 1. The van der Waals surface area contributed by atoms with Crippen molar-refractivity contribution in [2.45, 2.75) is 13.0 Å². The molecule has 0 saturated heterocycles. The van der Waals surface area contributed by atoms with Gasteiger partial charge in [0.1, 0.15) is 0 Å². The van der Waals surface area contributed by atoms with E-state index in [4.69, 9.17) is 28.9 Å². The highest BCUT2D eigenvalue weighted by Gasteiger charge is 2.09. The van der Waals surface area contributed by atoms with Gasteiger partial charge in [-0.3, -0.25) is 0 Å². The van der Waals surface area contributed by atoms with Gasteiger partial charge in [-0.1, -0.05) is 23.2 Å². The van der Waals surface area contributed by atoms with E-state index in [-0.39, 0.29) is 6.04 Å². The number of fused-ring (bicyclic) bond motifs is 1. The van der Waals surface area contributed by atoms with Crippen LogP contribution in [0.3, 0.4) is 0 Å². The van der Waals surface area contributed by atoms with Crippen molar-refractivity contribution >= 4 is 34.1 Å². The molecule has 3 N–H and O–H groups in total. The Hall–Kier alpha value is -0.700. The van der Waals surface area contributed by atoms with E-state index in [2.05, 4.69) is 4.98 Å². The van der Waals surface area contributed by atoms with Gasteiger partial charge in [-0.25, -0.2) is 0 Å². The highest BCUT2D eigenvalue weighted by atomic mass is 35.5. The summed E-state index contributed by atoms with van der Waals surface area (Å²) in [6.07, 6.45) is 0. The fraction of sp³-hybridized carbons (Fsp3) is 0.200.